The van der Waals surface area contributed by atoms with Crippen LogP contribution in [0.1, 0.15) is 32.6 Å². The minimum Gasteiger partial charge on any atom is -0.340 e. The van der Waals surface area contributed by atoms with Crippen LogP contribution in [0.4, 0.5) is 5.69 Å². The molecule has 1 amide bonds. The molecule has 5 heteroatoms. The Balaban J connectivity index is 1.64. The van der Waals surface area contributed by atoms with Gasteiger partial charge in [-0.05, 0) is 34.9 Å². The molecule has 0 spiro atoms. The van der Waals surface area contributed by atoms with Gasteiger partial charge in [0.15, 0.2) is 0 Å². The molecule has 0 aromatic heterocycles. The van der Waals surface area contributed by atoms with Crippen molar-refractivity contribution < 1.29 is 10.0 Å². The molecule has 1 aliphatic rings. The number of hydroxylamine groups is 1. The Hall–Kier alpha value is -3.44. The Morgan fingerprint density at radius 1 is 0.963 bits per heavy atom. The van der Waals surface area contributed by atoms with Gasteiger partial charge in [-0.3, -0.25) is 15.0 Å². The minimum absolute atomic E-state index is 0.403. The molecule has 3 aromatic rings. The van der Waals surface area contributed by atoms with Gasteiger partial charge in [-0.2, -0.15) is 0 Å². The van der Waals surface area contributed by atoms with Crippen molar-refractivity contribution in [2.24, 2.45) is 4.99 Å². The van der Waals surface area contributed by atoms with Crippen LogP contribution < -0.4 is 10.8 Å². The fourth-order valence-corrected chi connectivity index (χ4v) is 3.22. The van der Waals surface area contributed by atoms with Gasteiger partial charge in [0, 0.05) is 23.2 Å². The molecular formula is C22H19N3O2. The standard InChI is InChI=1S/C22H19N3O2/c26-22(25-27)16-11-9-15(10-12-16)14-23-21-19-7-3-1-5-17(19)13-18-6-2-4-8-20(18)24-21/h1-12,27H,13-14H2,(H,23,24)(H,25,26). The van der Waals surface area contributed by atoms with Crippen molar-refractivity contribution in [3.05, 3.63) is 101 Å². The van der Waals surface area contributed by atoms with Crippen LogP contribution in [-0.4, -0.2) is 17.0 Å². The number of rotatable bonds is 3. The molecule has 27 heavy (non-hydrogen) atoms. The average molecular weight is 357 g/mol. The summed E-state index contributed by atoms with van der Waals surface area (Å²) < 4.78 is 0. The smallest absolute Gasteiger partial charge is 0.274 e. The van der Waals surface area contributed by atoms with E-state index in [1.54, 1.807) is 17.6 Å². The molecule has 1 aliphatic heterocycles. The number of anilines is 1. The molecule has 1 heterocycles. The third-order valence-electron chi connectivity index (χ3n) is 4.66. The van der Waals surface area contributed by atoms with E-state index >= 15 is 0 Å². The summed E-state index contributed by atoms with van der Waals surface area (Å²) in [5.74, 6) is 0.316. The van der Waals surface area contributed by atoms with Crippen LogP contribution >= 0.6 is 0 Å². The van der Waals surface area contributed by atoms with Crippen LogP contribution in [0, 0.1) is 0 Å². The van der Waals surface area contributed by atoms with Crippen molar-refractivity contribution in [3.63, 3.8) is 0 Å². The number of hydrogen-bond donors (Lipinski definition) is 3. The molecule has 0 saturated carbocycles. The first-order chi connectivity index (χ1) is 13.2. The van der Waals surface area contributed by atoms with Crippen LogP contribution in [-0.2, 0) is 13.0 Å². The van der Waals surface area contributed by atoms with E-state index in [1.807, 2.05) is 24.3 Å². The zero-order chi connectivity index (χ0) is 18.6. The fourth-order valence-electron chi connectivity index (χ4n) is 3.22. The van der Waals surface area contributed by atoms with E-state index in [9.17, 15) is 4.79 Å². The summed E-state index contributed by atoms with van der Waals surface area (Å²) in [6.45, 7) is 0.486. The molecule has 3 aromatic carbocycles. The zero-order valence-corrected chi connectivity index (χ0v) is 14.6. The Morgan fingerprint density at radius 3 is 2.44 bits per heavy atom. The highest BCUT2D eigenvalue weighted by Gasteiger charge is 2.16. The van der Waals surface area contributed by atoms with Crippen LogP contribution in [0.3, 0.4) is 0 Å². The van der Waals surface area contributed by atoms with Gasteiger partial charge in [0.1, 0.15) is 5.84 Å². The Bertz CT molecular complexity index is 1010. The largest absolute Gasteiger partial charge is 0.340 e. The Morgan fingerprint density at radius 2 is 1.67 bits per heavy atom. The maximum absolute atomic E-state index is 11.4. The highest BCUT2D eigenvalue weighted by atomic mass is 16.5. The monoisotopic (exact) mass is 357 g/mol. The maximum Gasteiger partial charge on any atom is 0.274 e. The molecule has 0 unspecified atom stereocenters. The van der Waals surface area contributed by atoms with Crippen LogP contribution in [0.15, 0.2) is 77.8 Å². The summed E-state index contributed by atoms with van der Waals surface area (Å²) in [7, 11) is 0. The van der Waals surface area contributed by atoms with Crippen molar-refractivity contribution in [3.8, 4) is 0 Å². The number of amidine groups is 1. The number of benzene rings is 3. The van der Waals surface area contributed by atoms with Gasteiger partial charge in [-0.15, -0.1) is 0 Å². The van der Waals surface area contributed by atoms with Gasteiger partial charge >= 0.3 is 0 Å². The summed E-state index contributed by atoms with van der Waals surface area (Å²) in [5, 5.41) is 12.2. The van der Waals surface area contributed by atoms with Crippen molar-refractivity contribution in [1.29, 1.82) is 0 Å². The van der Waals surface area contributed by atoms with Gasteiger partial charge in [0.25, 0.3) is 5.91 Å². The predicted octanol–water partition coefficient (Wildman–Crippen LogP) is 3.77. The quantitative estimate of drug-likeness (QED) is 0.493. The lowest BCUT2D eigenvalue weighted by Crippen LogP contribution is -2.18. The second kappa shape index (κ2) is 7.43. The van der Waals surface area contributed by atoms with Crippen molar-refractivity contribution in [2.45, 2.75) is 13.0 Å². The number of carbonyl (C=O) groups is 1. The minimum atomic E-state index is -0.524. The van der Waals surface area contributed by atoms with E-state index in [2.05, 4.69) is 41.7 Å². The third-order valence-corrected chi connectivity index (χ3v) is 4.66. The van der Waals surface area contributed by atoms with Crippen molar-refractivity contribution in [2.75, 3.05) is 5.32 Å². The molecule has 3 N–H and O–H groups in total. The Kier molecular flexibility index (Phi) is 4.68. The van der Waals surface area contributed by atoms with Crippen LogP contribution in [0.5, 0.6) is 0 Å². The molecule has 0 fully saturated rings. The molecule has 4 rings (SSSR count). The number of amides is 1. The number of nitrogens with one attached hydrogen (secondary N) is 2. The van der Waals surface area contributed by atoms with Gasteiger partial charge in [-0.25, -0.2) is 5.48 Å². The number of para-hydroxylation sites is 1. The van der Waals surface area contributed by atoms with Crippen LogP contribution in [0.2, 0.25) is 0 Å². The highest BCUT2D eigenvalue weighted by Crippen LogP contribution is 2.26. The van der Waals surface area contributed by atoms with E-state index in [-0.39, 0.29) is 0 Å². The molecule has 134 valence electrons. The first-order valence-corrected chi connectivity index (χ1v) is 8.75. The first-order valence-electron chi connectivity index (χ1n) is 8.75. The number of hydrogen-bond acceptors (Lipinski definition) is 3. The highest BCUT2D eigenvalue weighted by molar-refractivity contribution is 6.10. The van der Waals surface area contributed by atoms with E-state index in [0.29, 0.717) is 12.1 Å². The molecule has 0 saturated heterocycles. The number of carbonyl (C=O) groups excluding carboxylic acids is 1. The maximum atomic E-state index is 11.4. The lowest BCUT2D eigenvalue weighted by Gasteiger charge is -2.10. The molecular weight excluding hydrogens is 338 g/mol. The summed E-state index contributed by atoms with van der Waals surface area (Å²) >= 11 is 0. The summed E-state index contributed by atoms with van der Waals surface area (Å²) in [6, 6.07) is 23.6. The average Bonchev–Trinajstić information content (AvgIpc) is 2.88. The predicted molar refractivity (Wildman–Crippen MR) is 105 cm³/mol. The lowest BCUT2D eigenvalue weighted by molar-refractivity contribution is 0.0706. The van der Waals surface area contributed by atoms with E-state index in [4.69, 9.17) is 10.2 Å². The summed E-state index contributed by atoms with van der Waals surface area (Å²) in [5.41, 5.74) is 7.68. The fraction of sp³-hybridized carbons (Fsp3) is 0.0909. The molecule has 0 aliphatic carbocycles. The number of nitrogens with zero attached hydrogens (tertiary/aromatic N) is 1. The van der Waals surface area contributed by atoms with Crippen molar-refractivity contribution in [1.82, 2.24) is 5.48 Å². The molecule has 0 radical (unpaired) electrons. The third kappa shape index (κ3) is 3.59. The molecule has 5 nitrogen and oxygen atoms in total. The summed E-state index contributed by atoms with van der Waals surface area (Å²) in [4.78, 5) is 16.2. The van der Waals surface area contributed by atoms with E-state index < -0.39 is 5.91 Å². The number of aliphatic imine (C=N–C) groups is 1. The normalized spacial score (nSPS) is 13.9. The van der Waals surface area contributed by atoms with Gasteiger partial charge in [0.05, 0.1) is 6.54 Å². The second-order valence-electron chi connectivity index (χ2n) is 6.42. The molecule has 0 bridgehead atoms. The van der Waals surface area contributed by atoms with E-state index in [0.717, 1.165) is 29.1 Å². The van der Waals surface area contributed by atoms with Gasteiger partial charge in [0.2, 0.25) is 0 Å². The topological polar surface area (TPSA) is 73.7 Å². The van der Waals surface area contributed by atoms with Gasteiger partial charge in [-0.1, -0.05) is 54.6 Å². The molecule has 0 atom stereocenters. The SMILES string of the molecule is O=C(NO)c1ccc(CN=C2Nc3ccccc3Cc3ccccc32)cc1. The Labute approximate surface area is 157 Å². The summed E-state index contributed by atoms with van der Waals surface area (Å²) in [6.07, 6.45) is 0.864. The van der Waals surface area contributed by atoms with Crippen molar-refractivity contribution >= 4 is 17.4 Å². The number of fused-ring (bicyclic) bond motifs is 2. The van der Waals surface area contributed by atoms with Crippen LogP contribution in [0.25, 0.3) is 0 Å². The lowest BCUT2D eigenvalue weighted by atomic mass is 10.0. The second-order valence-corrected chi connectivity index (χ2v) is 6.42. The van der Waals surface area contributed by atoms with E-state index in [1.165, 1.54) is 11.1 Å². The van der Waals surface area contributed by atoms with Gasteiger partial charge < -0.3 is 5.32 Å². The zero-order valence-electron chi connectivity index (χ0n) is 14.6. The first kappa shape index (κ1) is 17.0.